The van der Waals surface area contributed by atoms with Crippen molar-refractivity contribution in [1.82, 2.24) is 25.1 Å². The Morgan fingerprint density at radius 3 is 2.46 bits per heavy atom. The highest BCUT2D eigenvalue weighted by Gasteiger charge is 2.12. The summed E-state index contributed by atoms with van der Waals surface area (Å²) in [6.45, 7) is 0.218. The van der Waals surface area contributed by atoms with Crippen LogP contribution in [-0.4, -0.2) is 38.7 Å². The van der Waals surface area contributed by atoms with Crippen molar-refractivity contribution < 1.29 is 14.3 Å². The lowest BCUT2D eigenvalue weighted by atomic mass is 10.1. The maximum Gasteiger partial charge on any atom is 0.337 e. The fraction of sp³-hybridized carbons (Fsp3) is 0.167. The molecule has 0 bridgehead atoms. The number of methoxy groups -OCH3 is 1. The number of amides is 1. The van der Waals surface area contributed by atoms with Crippen LogP contribution in [-0.2, 0) is 18.3 Å². The minimum Gasteiger partial charge on any atom is -0.465 e. The molecule has 0 spiro atoms. The van der Waals surface area contributed by atoms with Crippen LogP contribution in [0.2, 0.25) is 0 Å². The molecule has 0 aliphatic rings. The Kier molecular flexibility index (Phi) is 5.02. The molecule has 0 fully saturated rings. The maximum absolute atomic E-state index is 12.3. The largest absolute Gasteiger partial charge is 0.465 e. The fourth-order valence-electron chi connectivity index (χ4n) is 2.42. The predicted octanol–water partition coefficient (Wildman–Crippen LogP) is 1.59. The summed E-state index contributed by atoms with van der Waals surface area (Å²) in [7, 11) is 3.13. The molecule has 1 N–H and O–H groups in total. The number of nitrogens with one attached hydrogen (secondary N) is 1. The smallest absolute Gasteiger partial charge is 0.337 e. The number of carbonyl (C=O) groups is 2. The quantitative estimate of drug-likeness (QED) is 0.701. The van der Waals surface area contributed by atoms with Crippen LogP contribution in [0.1, 0.15) is 26.4 Å². The first-order chi connectivity index (χ1) is 12.6. The summed E-state index contributed by atoms with van der Waals surface area (Å²) in [5.41, 5.74) is 2.95. The normalized spacial score (nSPS) is 10.4. The number of hydrogen-bond donors (Lipinski definition) is 1. The molecule has 26 heavy (non-hydrogen) atoms. The van der Waals surface area contributed by atoms with Crippen molar-refractivity contribution in [3.8, 4) is 11.3 Å². The summed E-state index contributed by atoms with van der Waals surface area (Å²) in [5.74, 6) is -0.721. The Morgan fingerprint density at radius 1 is 1.12 bits per heavy atom. The number of carbonyl (C=O) groups excluding carboxylic acids is 2. The average molecular weight is 351 g/mol. The predicted molar refractivity (Wildman–Crippen MR) is 93.2 cm³/mol. The first-order valence-electron chi connectivity index (χ1n) is 7.84. The molecular formula is C18H17N5O3. The van der Waals surface area contributed by atoms with Gasteiger partial charge in [0.1, 0.15) is 0 Å². The zero-order valence-electron chi connectivity index (χ0n) is 14.3. The van der Waals surface area contributed by atoms with Crippen LogP contribution < -0.4 is 5.32 Å². The second-order valence-corrected chi connectivity index (χ2v) is 5.51. The number of esters is 1. The lowest BCUT2D eigenvalue weighted by Crippen LogP contribution is -2.24. The number of rotatable bonds is 5. The van der Waals surface area contributed by atoms with Crippen molar-refractivity contribution in [2.24, 2.45) is 7.05 Å². The Morgan fingerprint density at radius 2 is 1.81 bits per heavy atom. The van der Waals surface area contributed by atoms with Gasteiger partial charge in [-0.15, -0.1) is 0 Å². The Hall–Kier alpha value is -3.55. The van der Waals surface area contributed by atoms with Gasteiger partial charge in [-0.05, 0) is 24.3 Å². The molecular weight excluding hydrogens is 334 g/mol. The van der Waals surface area contributed by atoms with Crippen molar-refractivity contribution in [3.05, 3.63) is 65.9 Å². The van der Waals surface area contributed by atoms with Gasteiger partial charge in [0.05, 0.1) is 36.8 Å². The minimum atomic E-state index is -0.447. The van der Waals surface area contributed by atoms with E-state index < -0.39 is 5.97 Å². The van der Waals surface area contributed by atoms with Crippen LogP contribution in [0.25, 0.3) is 11.3 Å². The summed E-state index contributed by atoms with van der Waals surface area (Å²) in [5, 5.41) is 6.94. The molecule has 0 saturated heterocycles. The summed E-state index contributed by atoms with van der Waals surface area (Å²) < 4.78 is 6.31. The van der Waals surface area contributed by atoms with Gasteiger partial charge in [0.2, 0.25) is 0 Å². The van der Waals surface area contributed by atoms with Gasteiger partial charge >= 0.3 is 5.97 Å². The van der Waals surface area contributed by atoms with Gasteiger partial charge in [0.15, 0.2) is 0 Å². The highest BCUT2D eigenvalue weighted by Crippen LogP contribution is 2.18. The first-order valence-corrected chi connectivity index (χ1v) is 7.84. The number of aromatic nitrogens is 4. The number of benzene rings is 1. The zero-order chi connectivity index (χ0) is 18.5. The van der Waals surface area contributed by atoms with Gasteiger partial charge in [0.25, 0.3) is 5.91 Å². The Bertz CT molecular complexity index is 934. The van der Waals surface area contributed by atoms with Crippen molar-refractivity contribution in [1.29, 1.82) is 0 Å². The van der Waals surface area contributed by atoms with Gasteiger partial charge in [-0.25, -0.2) is 4.79 Å². The van der Waals surface area contributed by atoms with Crippen molar-refractivity contribution in [3.63, 3.8) is 0 Å². The van der Waals surface area contributed by atoms with Gasteiger partial charge in [-0.1, -0.05) is 0 Å². The van der Waals surface area contributed by atoms with Crippen LogP contribution in [0.5, 0.6) is 0 Å². The van der Waals surface area contributed by atoms with E-state index in [2.05, 4.69) is 25.1 Å². The Balaban J connectivity index is 1.71. The van der Waals surface area contributed by atoms with Gasteiger partial charge in [-0.2, -0.15) is 5.10 Å². The Labute approximate surface area is 149 Å². The van der Waals surface area contributed by atoms with E-state index in [9.17, 15) is 9.59 Å². The van der Waals surface area contributed by atoms with Crippen LogP contribution in [0.4, 0.5) is 0 Å². The molecule has 8 nitrogen and oxygen atoms in total. The SMILES string of the molecule is COC(=O)c1ccc(C(=O)NCc2nccnc2-c2cnn(C)c2)cc1. The molecule has 0 radical (unpaired) electrons. The molecule has 2 aromatic heterocycles. The van der Waals surface area contributed by atoms with E-state index >= 15 is 0 Å². The third kappa shape index (κ3) is 3.75. The average Bonchev–Trinajstić information content (AvgIpc) is 3.12. The first kappa shape index (κ1) is 17.3. The summed E-state index contributed by atoms with van der Waals surface area (Å²) in [6, 6.07) is 6.23. The number of nitrogens with zero attached hydrogens (tertiary/aromatic N) is 4. The van der Waals surface area contributed by atoms with E-state index in [1.807, 2.05) is 13.2 Å². The van der Waals surface area contributed by atoms with Crippen molar-refractivity contribution in [2.75, 3.05) is 7.11 Å². The second kappa shape index (κ2) is 7.56. The summed E-state index contributed by atoms with van der Waals surface area (Å²) in [6.07, 6.45) is 6.70. The standard InChI is InChI=1S/C18H17N5O3/c1-23-11-14(9-22-23)16-15(19-7-8-20-16)10-21-17(24)12-3-5-13(6-4-12)18(25)26-2/h3-9,11H,10H2,1-2H3,(H,21,24). The molecule has 3 rings (SSSR count). The van der Waals surface area contributed by atoms with Crippen LogP contribution in [0.15, 0.2) is 49.1 Å². The van der Waals surface area contributed by atoms with Gasteiger partial charge in [0, 0.05) is 36.8 Å². The third-order valence-electron chi connectivity index (χ3n) is 3.74. The van der Waals surface area contributed by atoms with Crippen LogP contribution in [0.3, 0.4) is 0 Å². The third-order valence-corrected chi connectivity index (χ3v) is 3.74. The van der Waals surface area contributed by atoms with E-state index in [1.54, 1.807) is 47.5 Å². The van der Waals surface area contributed by atoms with E-state index in [4.69, 9.17) is 0 Å². The lowest BCUT2D eigenvalue weighted by Gasteiger charge is -2.08. The number of aryl methyl sites for hydroxylation is 1. The molecule has 0 aliphatic heterocycles. The molecule has 0 saturated carbocycles. The van der Waals surface area contributed by atoms with Gasteiger partial charge < -0.3 is 10.1 Å². The van der Waals surface area contributed by atoms with E-state index in [1.165, 1.54) is 7.11 Å². The highest BCUT2D eigenvalue weighted by atomic mass is 16.5. The van der Waals surface area contributed by atoms with E-state index in [0.29, 0.717) is 22.5 Å². The molecule has 1 amide bonds. The molecule has 8 heteroatoms. The number of hydrogen-bond acceptors (Lipinski definition) is 6. The van der Waals surface area contributed by atoms with Crippen LogP contribution >= 0.6 is 0 Å². The molecule has 3 aromatic rings. The minimum absolute atomic E-state index is 0.218. The van der Waals surface area contributed by atoms with E-state index in [0.717, 1.165) is 5.56 Å². The molecule has 0 unspecified atom stereocenters. The second-order valence-electron chi connectivity index (χ2n) is 5.51. The number of ether oxygens (including phenoxy) is 1. The highest BCUT2D eigenvalue weighted by molar-refractivity contribution is 5.96. The fourth-order valence-corrected chi connectivity index (χ4v) is 2.42. The maximum atomic E-state index is 12.3. The summed E-state index contributed by atoms with van der Waals surface area (Å²) in [4.78, 5) is 32.4. The van der Waals surface area contributed by atoms with E-state index in [-0.39, 0.29) is 12.5 Å². The monoisotopic (exact) mass is 351 g/mol. The molecule has 1 aromatic carbocycles. The van der Waals surface area contributed by atoms with Gasteiger partial charge in [-0.3, -0.25) is 19.4 Å². The summed E-state index contributed by atoms with van der Waals surface area (Å²) >= 11 is 0. The molecule has 132 valence electrons. The lowest BCUT2D eigenvalue weighted by molar-refractivity contribution is 0.0600. The molecule has 0 atom stereocenters. The molecule has 0 aliphatic carbocycles. The van der Waals surface area contributed by atoms with Crippen molar-refractivity contribution >= 4 is 11.9 Å². The molecule has 2 heterocycles. The van der Waals surface area contributed by atoms with Crippen molar-refractivity contribution in [2.45, 2.75) is 6.54 Å². The van der Waals surface area contributed by atoms with Crippen LogP contribution in [0, 0.1) is 0 Å². The zero-order valence-corrected chi connectivity index (χ0v) is 14.3. The topological polar surface area (TPSA) is 99.0 Å².